The van der Waals surface area contributed by atoms with Crippen LogP contribution in [0.5, 0.6) is 0 Å². The molecule has 0 N–H and O–H groups in total. The molecular weight excluding hydrogens is 368 g/mol. The van der Waals surface area contributed by atoms with Crippen LogP contribution in [0.2, 0.25) is 0 Å². The highest BCUT2D eigenvalue weighted by atomic mass is 32.1. The van der Waals surface area contributed by atoms with Crippen molar-refractivity contribution >= 4 is 28.6 Å². The molecule has 26 heavy (non-hydrogen) atoms. The van der Waals surface area contributed by atoms with E-state index in [9.17, 15) is 4.79 Å². The predicted octanol–water partition coefficient (Wildman–Crippen LogP) is 5.44. The van der Waals surface area contributed by atoms with Crippen LogP contribution in [0, 0.1) is 0 Å². The van der Waals surface area contributed by atoms with Crippen LogP contribution in [0.4, 0.5) is 0 Å². The molecule has 0 bridgehead atoms. The van der Waals surface area contributed by atoms with Gasteiger partial charge in [-0.05, 0) is 55.7 Å². The van der Waals surface area contributed by atoms with Gasteiger partial charge in [-0.1, -0.05) is 18.9 Å². The Hall–Kier alpha value is -1.99. The number of hydrogen-bond acceptors (Lipinski definition) is 7. The van der Waals surface area contributed by atoms with Crippen LogP contribution < -0.4 is 0 Å². The van der Waals surface area contributed by atoms with Gasteiger partial charge < -0.3 is 9.15 Å². The highest BCUT2D eigenvalue weighted by molar-refractivity contribution is 7.14. The highest BCUT2D eigenvalue weighted by Gasteiger charge is 2.22. The smallest absolute Gasteiger partial charge is 0.349 e. The number of aromatic nitrogens is 2. The Morgan fingerprint density at radius 2 is 2.08 bits per heavy atom. The second-order valence-electron chi connectivity index (χ2n) is 6.44. The molecule has 3 aromatic rings. The number of hydrogen-bond donors (Lipinski definition) is 0. The monoisotopic (exact) mass is 388 g/mol. The number of thiophene rings is 2. The number of rotatable bonds is 4. The van der Waals surface area contributed by atoms with Gasteiger partial charge in [-0.2, -0.15) is 0 Å². The first-order valence-electron chi connectivity index (χ1n) is 8.90. The second kappa shape index (κ2) is 7.72. The Kier molecular flexibility index (Phi) is 5.17. The Bertz CT molecular complexity index is 857. The standard InChI is InChI=1S/C19H20N2O3S2/c1-12(17-20-21-18(24-17)15-9-6-10-25-15)23-19(22)16-11-13-7-4-2-3-5-8-14(13)26-16/h6,9-12H,2-5,7-8H2,1H3. The zero-order valence-corrected chi connectivity index (χ0v) is 16.2. The largest absolute Gasteiger partial charge is 0.448 e. The summed E-state index contributed by atoms with van der Waals surface area (Å²) in [6.07, 6.45) is 6.49. The molecule has 0 saturated carbocycles. The van der Waals surface area contributed by atoms with Gasteiger partial charge in [0.15, 0.2) is 6.10 Å². The number of aryl methyl sites for hydroxylation is 2. The Morgan fingerprint density at radius 1 is 1.23 bits per heavy atom. The zero-order chi connectivity index (χ0) is 17.9. The van der Waals surface area contributed by atoms with Crippen molar-refractivity contribution in [2.45, 2.75) is 51.6 Å². The fourth-order valence-corrected chi connectivity index (χ4v) is 4.89. The first-order chi connectivity index (χ1) is 12.7. The summed E-state index contributed by atoms with van der Waals surface area (Å²) in [5, 5.41) is 10.0. The number of esters is 1. The van der Waals surface area contributed by atoms with Crippen molar-refractivity contribution in [2.75, 3.05) is 0 Å². The summed E-state index contributed by atoms with van der Waals surface area (Å²) in [7, 11) is 0. The van der Waals surface area contributed by atoms with E-state index in [0.29, 0.717) is 16.7 Å². The summed E-state index contributed by atoms with van der Waals surface area (Å²) in [5.74, 6) is 0.457. The summed E-state index contributed by atoms with van der Waals surface area (Å²) in [6.45, 7) is 1.76. The van der Waals surface area contributed by atoms with Crippen molar-refractivity contribution < 1.29 is 13.9 Å². The van der Waals surface area contributed by atoms with Gasteiger partial charge in [-0.15, -0.1) is 32.9 Å². The third-order valence-electron chi connectivity index (χ3n) is 4.50. The average molecular weight is 389 g/mol. The number of carbonyl (C=O) groups is 1. The molecule has 0 spiro atoms. The topological polar surface area (TPSA) is 65.2 Å². The Labute approximate surface area is 160 Å². The average Bonchev–Trinajstić information content (AvgIpc) is 3.35. The molecule has 0 amide bonds. The van der Waals surface area contributed by atoms with Crippen LogP contribution in [-0.2, 0) is 17.6 Å². The van der Waals surface area contributed by atoms with Crippen LogP contribution >= 0.6 is 22.7 Å². The maximum absolute atomic E-state index is 12.6. The van der Waals surface area contributed by atoms with Crippen molar-refractivity contribution in [1.29, 1.82) is 0 Å². The van der Waals surface area contributed by atoms with E-state index in [2.05, 4.69) is 10.2 Å². The number of ether oxygens (including phenoxy) is 1. The van der Waals surface area contributed by atoms with Gasteiger partial charge >= 0.3 is 5.97 Å². The number of carbonyl (C=O) groups excluding carboxylic acids is 1. The molecule has 4 rings (SSSR count). The molecule has 0 radical (unpaired) electrons. The second-order valence-corrected chi connectivity index (χ2v) is 8.53. The lowest BCUT2D eigenvalue weighted by Crippen LogP contribution is -2.08. The number of fused-ring (bicyclic) bond motifs is 1. The van der Waals surface area contributed by atoms with Crippen LogP contribution in [0.1, 0.15) is 64.7 Å². The number of nitrogens with zero attached hydrogens (tertiary/aromatic N) is 2. The Balaban J connectivity index is 1.45. The molecule has 136 valence electrons. The lowest BCUT2D eigenvalue weighted by Gasteiger charge is -2.07. The third-order valence-corrected chi connectivity index (χ3v) is 6.58. The lowest BCUT2D eigenvalue weighted by molar-refractivity contribution is 0.0285. The highest BCUT2D eigenvalue weighted by Crippen LogP contribution is 2.31. The Morgan fingerprint density at radius 3 is 2.88 bits per heavy atom. The van der Waals surface area contributed by atoms with Crippen molar-refractivity contribution in [3.63, 3.8) is 0 Å². The molecule has 1 aliphatic carbocycles. The van der Waals surface area contributed by atoms with Crippen molar-refractivity contribution in [3.05, 3.63) is 44.8 Å². The van der Waals surface area contributed by atoms with Crippen LogP contribution in [0.3, 0.4) is 0 Å². The molecule has 1 atom stereocenters. The fraction of sp³-hybridized carbons (Fsp3) is 0.421. The van der Waals surface area contributed by atoms with E-state index in [0.717, 1.165) is 17.7 Å². The molecule has 7 heteroatoms. The summed E-state index contributed by atoms with van der Waals surface area (Å²) in [4.78, 5) is 15.5. The van der Waals surface area contributed by atoms with E-state index < -0.39 is 6.10 Å². The molecule has 3 aromatic heterocycles. The SMILES string of the molecule is CC(OC(=O)c1cc2c(s1)CCCCCC2)c1nnc(-c2cccs2)o1. The quantitative estimate of drug-likeness (QED) is 0.557. The van der Waals surface area contributed by atoms with E-state index in [1.807, 2.05) is 23.6 Å². The first-order valence-corrected chi connectivity index (χ1v) is 10.6. The molecule has 0 aliphatic heterocycles. The molecule has 0 aromatic carbocycles. The molecule has 1 aliphatic rings. The minimum Gasteiger partial charge on any atom is -0.448 e. The summed E-state index contributed by atoms with van der Waals surface area (Å²) in [6, 6.07) is 5.85. The minimum absolute atomic E-state index is 0.315. The van der Waals surface area contributed by atoms with E-state index in [1.54, 1.807) is 18.3 Å². The molecule has 0 fully saturated rings. The molecular formula is C19H20N2O3S2. The maximum atomic E-state index is 12.6. The maximum Gasteiger partial charge on any atom is 0.349 e. The van der Waals surface area contributed by atoms with Crippen LogP contribution in [0.15, 0.2) is 28.0 Å². The summed E-state index contributed by atoms with van der Waals surface area (Å²) in [5.41, 5.74) is 1.31. The van der Waals surface area contributed by atoms with Gasteiger partial charge in [0.05, 0.1) is 4.88 Å². The van der Waals surface area contributed by atoms with Crippen LogP contribution in [0.25, 0.3) is 10.8 Å². The zero-order valence-electron chi connectivity index (χ0n) is 14.6. The molecule has 1 unspecified atom stereocenters. The van der Waals surface area contributed by atoms with Crippen molar-refractivity contribution in [2.24, 2.45) is 0 Å². The minimum atomic E-state index is -0.576. The van der Waals surface area contributed by atoms with Crippen LogP contribution in [-0.4, -0.2) is 16.2 Å². The van der Waals surface area contributed by atoms with Crippen molar-refractivity contribution in [3.8, 4) is 10.8 Å². The van der Waals surface area contributed by atoms with Gasteiger partial charge in [0.1, 0.15) is 4.88 Å². The molecule has 3 heterocycles. The lowest BCUT2D eigenvalue weighted by atomic mass is 10.00. The van der Waals surface area contributed by atoms with E-state index >= 15 is 0 Å². The summed E-state index contributed by atoms with van der Waals surface area (Å²) >= 11 is 3.10. The normalized spacial score (nSPS) is 15.7. The van der Waals surface area contributed by atoms with E-state index in [4.69, 9.17) is 9.15 Å². The van der Waals surface area contributed by atoms with Gasteiger partial charge in [0.25, 0.3) is 11.8 Å². The third kappa shape index (κ3) is 3.73. The summed E-state index contributed by atoms with van der Waals surface area (Å²) < 4.78 is 11.2. The molecule has 0 saturated heterocycles. The van der Waals surface area contributed by atoms with E-state index in [1.165, 1.54) is 47.5 Å². The van der Waals surface area contributed by atoms with Crippen molar-refractivity contribution in [1.82, 2.24) is 10.2 Å². The van der Waals surface area contributed by atoms with E-state index in [-0.39, 0.29) is 5.97 Å². The predicted molar refractivity (Wildman–Crippen MR) is 102 cm³/mol. The van der Waals surface area contributed by atoms with Gasteiger partial charge in [-0.3, -0.25) is 0 Å². The molecule has 5 nitrogen and oxygen atoms in total. The van der Waals surface area contributed by atoms with Gasteiger partial charge in [-0.25, -0.2) is 4.79 Å². The van der Waals surface area contributed by atoms with Gasteiger partial charge in [0, 0.05) is 4.88 Å². The fourth-order valence-electron chi connectivity index (χ4n) is 3.11. The first kappa shape index (κ1) is 17.4. The van der Waals surface area contributed by atoms with Gasteiger partial charge in [0.2, 0.25) is 0 Å².